The highest BCUT2D eigenvalue weighted by molar-refractivity contribution is 7.50. The van der Waals surface area contributed by atoms with Crippen LogP contribution in [0.5, 0.6) is 0 Å². The van der Waals surface area contributed by atoms with Crippen molar-refractivity contribution < 1.29 is 34.4 Å². The molecule has 23 heavy (non-hydrogen) atoms. The minimum Gasteiger partial charge on any atom is -0.809 e. The van der Waals surface area contributed by atoms with Crippen molar-refractivity contribution >= 4 is 24.6 Å². The summed E-state index contributed by atoms with van der Waals surface area (Å²) in [7, 11) is -5.73. The van der Waals surface area contributed by atoms with Crippen LogP contribution in [0.4, 0.5) is 5.82 Å². The lowest BCUT2D eigenvalue weighted by Gasteiger charge is -2.46. The molecular weight excluding hydrogens is 333 g/mol. The van der Waals surface area contributed by atoms with Gasteiger partial charge in [-0.05, 0) is 7.60 Å². The largest absolute Gasteiger partial charge is 0.809 e. The van der Waals surface area contributed by atoms with Crippen molar-refractivity contribution in [3.8, 4) is 0 Å². The summed E-state index contributed by atoms with van der Waals surface area (Å²) >= 11 is 0. The van der Waals surface area contributed by atoms with E-state index in [0.717, 1.165) is 17.2 Å². The number of imidazole rings is 1. The molecule has 4 atom stereocenters. The first-order chi connectivity index (χ1) is 10.7. The Labute approximate surface area is 128 Å². The number of aromatic nitrogens is 4. The lowest BCUT2D eigenvalue weighted by Crippen LogP contribution is -2.54. The summed E-state index contributed by atoms with van der Waals surface area (Å²) in [5, 5.41) is 26.3. The number of nitrogens with zero attached hydrogens (tertiary/aromatic N) is 4. The molecule has 0 bridgehead atoms. The molecule has 2 aromatic rings. The van der Waals surface area contributed by atoms with Gasteiger partial charge in [-0.25, -0.2) is 15.0 Å². The Morgan fingerprint density at radius 1 is 1.43 bits per heavy atom. The Kier molecular flexibility index (Phi) is 3.65. The molecule has 0 aliphatic carbocycles. The molecule has 3 rings (SSSR count). The van der Waals surface area contributed by atoms with Gasteiger partial charge in [0.2, 0.25) is 0 Å². The Hall–Kier alpha value is -1.66. The zero-order valence-electron chi connectivity index (χ0n) is 11.4. The van der Waals surface area contributed by atoms with Gasteiger partial charge < -0.3 is 40.1 Å². The van der Waals surface area contributed by atoms with Crippen LogP contribution < -0.4 is 15.5 Å². The number of rotatable bonds is 3. The van der Waals surface area contributed by atoms with Crippen LogP contribution in [0, 0.1) is 0 Å². The molecule has 0 saturated carbocycles. The van der Waals surface area contributed by atoms with E-state index in [4.69, 9.17) is 10.5 Å². The molecule has 0 unspecified atom stereocenters. The summed E-state index contributed by atoms with van der Waals surface area (Å²) in [6.07, 6.45) is -3.29. The number of hydrogen-bond acceptors (Lipinski definition) is 11. The maximum Gasteiger partial charge on any atom is 0.167 e. The van der Waals surface area contributed by atoms with Crippen LogP contribution in [0.1, 0.15) is 6.23 Å². The number of aliphatic hydroxyl groups is 3. The second kappa shape index (κ2) is 5.18. The van der Waals surface area contributed by atoms with Gasteiger partial charge in [-0.15, -0.1) is 0 Å². The first-order valence-electron chi connectivity index (χ1n) is 6.33. The first kappa shape index (κ1) is 16.2. The minimum atomic E-state index is -5.73. The van der Waals surface area contributed by atoms with E-state index in [0.29, 0.717) is 0 Å². The molecule has 2 aromatic heterocycles. The third-order valence-electron chi connectivity index (χ3n) is 3.75. The molecule has 3 heterocycles. The molecule has 1 aliphatic heterocycles. The van der Waals surface area contributed by atoms with E-state index in [1.165, 1.54) is 0 Å². The van der Waals surface area contributed by atoms with Crippen molar-refractivity contribution in [1.29, 1.82) is 0 Å². The Morgan fingerprint density at radius 3 is 2.70 bits per heavy atom. The molecule has 0 spiro atoms. The van der Waals surface area contributed by atoms with Crippen molar-refractivity contribution in [1.82, 2.24) is 19.5 Å². The van der Waals surface area contributed by atoms with E-state index < -0.39 is 38.0 Å². The van der Waals surface area contributed by atoms with Gasteiger partial charge in [-0.2, -0.15) is 0 Å². The van der Waals surface area contributed by atoms with E-state index in [-0.39, 0.29) is 17.0 Å². The standard InChI is InChI=1S/C10H14N5O7P/c11-7-5-8(13-2-12-7)15(3-14-5)9-6(17)10(18,23(19,20)21)4(1-16)22-9/h2-4,6,9,16-18H,1H2,(H2,11,12,13)(H2,19,20,21)/p-2/t4-,6+,9-,10+/m1/s1. The molecule has 1 saturated heterocycles. The van der Waals surface area contributed by atoms with Crippen molar-refractivity contribution in [3.05, 3.63) is 12.7 Å². The average Bonchev–Trinajstić information content (AvgIpc) is 3.01. The fourth-order valence-corrected chi connectivity index (χ4v) is 3.48. The SMILES string of the molecule is Nc1ncnc2c1ncn2[C@@H]1O[C@H](CO)[C@](O)(P(=O)([O-])[O-])[C@H]1O. The summed E-state index contributed by atoms with van der Waals surface area (Å²) in [4.78, 5) is 34.3. The molecule has 0 radical (unpaired) electrons. The van der Waals surface area contributed by atoms with Gasteiger partial charge in [0.25, 0.3) is 0 Å². The smallest absolute Gasteiger partial charge is 0.167 e. The fourth-order valence-electron chi connectivity index (χ4n) is 2.53. The van der Waals surface area contributed by atoms with Crippen LogP contribution in [0.3, 0.4) is 0 Å². The van der Waals surface area contributed by atoms with Crippen molar-refractivity contribution in [2.45, 2.75) is 23.8 Å². The highest BCUT2D eigenvalue weighted by atomic mass is 31.2. The maximum absolute atomic E-state index is 11.4. The lowest BCUT2D eigenvalue weighted by atomic mass is 10.1. The molecule has 0 aromatic carbocycles. The normalized spacial score (nSPS) is 31.8. The van der Waals surface area contributed by atoms with Gasteiger partial charge in [0.05, 0.1) is 12.9 Å². The minimum absolute atomic E-state index is 0.0357. The van der Waals surface area contributed by atoms with Gasteiger partial charge in [0, 0.05) is 0 Å². The molecule has 1 fully saturated rings. The Morgan fingerprint density at radius 2 is 2.13 bits per heavy atom. The fraction of sp³-hybridized carbons (Fsp3) is 0.500. The molecule has 126 valence electrons. The van der Waals surface area contributed by atoms with E-state index in [1.807, 2.05) is 0 Å². The summed E-state index contributed by atoms with van der Waals surface area (Å²) in [5.41, 5.74) is 5.87. The molecular formula is C10H12N5O7P-2. The molecule has 13 heteroatoms. The third kappa shape index (κ3) is 2.16. The van der Waals surface area contributed by atoms with E-state index in [2.05, 4.69) is 15.0 Å². The highest BCUT2D eigenvalue weighted by Gasteiger charge is 2.58. The van der Waals surface area contributed by atoms with Gasteiger partial charge in [0.1, 0.15) is 29.4 Å². The predicted molar refractivity (Wildman–Crippen MR) is 69.3 cm³/mol. The number of nitrogens with two attached hydrogens (primary N) is 1. The van der Waals surface area contributed by atoms with Crippen LogP contribution in [-0.2, 0) is 9.30 Å². The number of ether oxygens (including phenoxy) is 1. The zero-order chi connectivity index (χ0) is 17.0. The van der Waals surface area contributed by atoms with Gasteiger partial charge in [0.15, 0.2) is 17.7 Å². The quantitative estimate of drug-likeness (QED) is 0.398. The summed E-state index contributed by atoms with van der Waals surface area (Å²) in [6, 6.07) is 0. The topological polar surface area (TPSA) is 203 Å². The van der Waals surface area contributed by atoms with Crippen molar-refractivity contribution in [3.63, 3.8) is 0 Å². The van der Waals surface area contributed by atoms with E-state index in [1.54, 1.807) is 0 Å². The first-order valence-corrected chi connectivity index (χ1v) is 7.88. The number of hydrogen-bond donors (Lipinski definition) is 4. The Bertz CT molecular complexity index is 793. The summed E-state index contributed by atoms with van der Waals surface area (Å²) < 4.78 is 17.6. The van der Waals surface area contributed by atoms with Gasteiger partial charge in [-0.1, -0.05) is 0 Å². The number of nitrogen functional groups attached to an aromatic ring is 1. The Balaban J connectivity index is 2.11. The predicted octanol–water partition coefficient (Wildman–Crippen LogP) is -3.74. The maximum atomic E-state index is 11.4. The second-order valence-electron chi connectivity index (χ2n) is 5.01. The van der Waals surface area contributed by atoms with Crippen LogP contribution in [0.2, 0.25) is 0 Å². The van der Waals surface area contributed by atoms with Crippen LogP contribution in [-0.4, -0.2) is 59.0 Å². The lowest BCUT2D eigenvalue weighted by molar-refractivity contribution is -0.335. The molecule has 12 nitrogen and oxygen atoms in total. The monoisotopic (exact) mass is 345 g/mol. The summed E-state index contributed by atoms with van der Waals surface area (Å²) in [6.45, 7) is -0.998. The van der Waals surface area contributed by atoms with Crippen molar-refractivity contribution in [2.75, 3.05) is 12.3 Å². The molecule has 5 N–H and O–H groups in total. The molecule has 0 amide bonds. The number of fused-ring (bicyclic) bond motifs is 1. The number of aliphatic hydroxyl groups excluding tert-OH is 2. The van der Waals surface area contributed by atoms with E-state index >= 15 is 0 Å². The highest BCUT2D eigenvalue weighted by Crippen LogP contribution is 2.54. The van der Waals surface area contributed by atoms with Crippen molar-refractivity contribution in [2.24, 2.45) is 0 Å². The van der Waals surface area contributed by atoms with Crippen LogP contribution in [0.15, 0.2) is 12.7 Å². The van der Waals surface area contributed by atoms with E-state index in [9.17, 15) is 29.7 Å². The summed E-state index contributed by atoms with van der Waals surface area (Å²) in [5.74, 6) is 0.0357. The second-order valence-corrected chi connectivity index (χ2v) is 6.72. The van der Waals surface area contributed by atoms with Gasteiger partial charge >= 0.3 is 0 Å². The molecule has 1 aliphatic rings. The average molecular weight is 345 g/mol. The van der Waals surface area contributed by atoms with Gasteiger partial charge in [-0.3, -0.25) is 4.57 Å². The number of anilines is 1. The van der Waals surface area contributed by atoms with Crippen LogP contribution >= 0.6 is 7.60 Å². The third-order valence-corrected chi connectivity index (χ3v) is 5.18. The zero-order valence-corrected chi connectivity index (χ0v) is 12.3. The van der Waals surface area contributed by atoms with Crippen LogP contribution in [0.25, 0.3) is 11.2 Å².